The van der Waals surface area contributed by atoms with Crippen LogP contribution in [0.5, 0.6) is 5.75 Å². The Morgan fingerprint density at radius 2 is 2.00 bits per heavy atom. The maximum Gasteiger partial charge on any atom is 0.524 e. The summed E-state index contributed by atoms with van der Waals surface area (Å²) in [5, 5.41) is 1.73. The number of nitrogens with zero attached hydrogens (tertiary/aromatic N) is 1. The molecule has 0 aromatic heterocycles. The van der Waals surface area contributed by atoms with Crippen LogP contribution in [0, 0.1) is 0 Å². The second kappa shape index (κ2) is 5.43. The van der Waals surface area contributed by atoms with Gasteiger partial charge in [-0.05, 0) is 43.5 Å². The van der Waals surface area contributed by atoms with E-state index in [1.807, 2.05) is 24.3 Å². The van der Waals surface area contributed by atoms with Gasteiger partial charge in [-0.2, -0.15) is 0 Å². The molecule has 2 aromatic rings. The van der Waals surface area contributed by atoms with E-state index in [0.717, 1.165) is 35.7 Å². The highest BCUT2D eigenvalue weighted by atomic mass is 31.2. The number of benzene rings is 2. The highest BCUT2D eigenvalue weighted by Crippen LogP contribution is 2.42. The van der Waals surface area contributed by atoms with Crippen molar-refractivity contribution < 1.29 is 18.9 Å². The van der Waals surface area contributed by atoms with Gasteiger partial charge in [0.25, 0.3) is 0 Å². The number of hydrogen-bond acceptors (Lipinski definition) is 3. The molecule has 1 aliphatic rings. The largest absolute Gasteiger partial charge is 0.524 e. The third-order valence-corrected chi connectivity index (χ3v) is 4.50. The lowest BCUT2D eigenvalue weighted by Crippen LogP contribution is -2.45. The SMILES string of the molecule is CN1CC[C@H]1Cc1cccc2cccc(OP(=O)(O)O)c12. The summed E-state index contributed by atoms with van der Waals surface area (Å²) in [5.74, 6) is 0.249. The third-order valence-electron chi connectivity index (χ3n) is 4.06. The first kappa shape index (κ1) is 14.5. The van der Waals surface area contributed by atoms with Crippen molar-refractivity contribution in [3.63, 3.8) is 0 Å². The molecule has 1 aliphatic heterocycles. The van der Waals surface area contributed by atoms with E-state index in [-0.39, 0.29) is 5.75 Å². The molecule has 0 amide bonds. The quantitative estimate of drug-likeness (QED) is 0.850. The van der Waals surface area contributed by atoms with E-state index in [1.165, 1.54) is 0 Å². The van der Waals surface area contributed by atoms with Crippen LogP contribution in [-0.2, 0) is 11.0 Å². The molecular weight excluding hydrogens is 289 g/mol. The van der Waals surface area contributed by atoms with Crippen LogP contribution in [0.4, 0.5) is 0 Å². The summed E-state index contributed by atoms with van der Waals surface area (Å²) < 4.78 is 16.0. The van der Waals surface area contributed by atoms with Gasteiger partial charge in [0.2, 0.25) is 0 Å². The Morgan fingerprint density at radius 3 is 2.57 bits per heavy atom. The Kier molecular flexibility index (Phi) is 3.76. The number of phosphoric ester groups is 1. The molecule has 112 valence electrons. The van der Waals surface area contributed by atoms with Crippen LogP contribution in [0.25, 0.3) is 10.8 Å². The minimum absolute atomic E-state index is 0.249. The molecule has 2 aromatic carbocycles. The summed E-state index contributed by atoms with van der Waals surface area (Å²) >= 11 is 0. The zero-order valence-electron chi connectivity index (χ0n) is 11.8. The number of rotatable bonds is 4. The van der Waals surface area contributed by atoms with Gasteiger partial charge in [0.15, 0.2) is 0 Å². The Balaban J connectivity index is 2.04. The maximum atomic E-state index is 11.2. The van der Waals surface area contributed by atoms with E-state index >= 15 is 0 Å². The van der Waals surface area contributed by atoms with Gasteiger partial charge in [0, 0.05) is 11.4 Å². The van der Waals surface area contributed by atoms with Gasteiger partial charge in [-0.15, -0.1) is 0 Å². The van der Waals surface area contributed by atoms with Crippen LogP contribution < -0.4 is 4.52 Å². The first-order valence-electron chi connectivity index (χ1n) is 6.90. The molecule has 2 N–H and O–H groups in total. The van der Waals surface area contributed by atoms with E-state index < -0.39 is 7.82 Å². The molecule has 5 nitrogen and oxygen atoms in total. The van der Waals surface area contributed by atoms with Gasteiger partial charge in [-0.25, -0.2) is 4.57 Å². The molecule has 0 saturated carbocycles. The topological polar surface area (TPSA) is 70.0 Å². The van der Waals surface area contributed by atoms with Gasteiger partial charge in [0.1, 0.15) is 5.75 Å². The van der Waals surface area contributed by atoms with Crippen LogP contribution in [0.2, 0.25) is 0 Å². The molecule has 3 rings (SSSR count). The van der Waals surface area contributed by atoms with Crippen molar-refractivity contribution in [3.8, 4) is 5.75 Å². The molecule has 1 atom stereocenters. The molecule has 1 fully saturated rings. The van der Waals surface area contributed by atoms with E-state index in [9.17, 15) is 4.57 Å². The van der Waals surface area contributed by atoms with Crippen molar-refractivity contribution in [2.75, 3.05) is 13.6 Å². The lowest BCUT2D eigenvalue weighted by Gasteiger charge is -2.38. The fourth-order valence-electron chi connectivity index (χ4n) is 2.84. The van der Waals surface area contributed by atoms with Crippen molar-refractivity contribution >= 4 is 18.6 Å². The fraction of sp³-hybridized carbons (Fsp3) is 0.333. The Morgan fingerprint density at radius 1 is 1.29 bits per heavy atom. The molecule has 0 unspecified atom stereocenters. The standard InChI is InChI=1S/C15H18NO4P/c1-16-9-8-13(16)10-12-6-2-4-11-5-3-7-14(15(11)12)20-21(17,18)19/h2-7,13H,8-10H2,1H3,(H2,17,18,19)/t13-/m0/s1. The summed E-state index contributed by atoms with van der Waals surface area (Å²) in [4.78, 5) is 20.4. The van der Waals surface area contributed by atoms with Crippen LogP contribution in [0.1, 0.15) is 12.0 Å². The predicted octanol–water partition coefficient (Wildman–Crippen LogP) is 2.56. The second-order valence-corrected chi connectivity index (χ2v) is 6.64. The maximum absolute atomic E-state index is 11.2. The van der Waals surface area contributed by atoms with Crippen LogP contribution in [-0.4, -0.2) is 34.3 Å². The Labute approximate surface area is 123 Å². The predicted molar refractivity (Wildman–Crippen MR) is 81.4 cm³/mol. The third kappa shape index (κ3) is 3.11. The first-order chi connectivity index (χ1) is 9.94. The van der Waals surface area contributed by atoms with E-state index in [4.69, 9.17) is 14.3 Å². The van der Waals surface area contributed by atoms with Crippen LogP contribution in [0.3, 0.4) is 0 Å². The average Bonchev–Trinajstić information content (AvgIpc) is 2.41. The molecule has 1 heterocycles. The van der Waals surface area contributed by atoms with Crippen LogP contribution >= 0.6 is 7.82 Å². The lowest BCUT2D eigenvalue weighted by molar-refractivity contribution is 0.127. The molecule has 0 bridgehead atoms. The number of likely N-dealkylation sites (tertiary alicyclic amines) is 1. The van der Waals surface area contributed by atoms with E-state index in [2.05, 4.69) is 11.9 Å². The molecule has 1 saturated heterocycles. The molecule has 21 heavy (non-hydrogen) atoms. The van der Waals surface area contributed by atoms with Crippen LogP contribution in [0.15, 0.2) is 36.4 Å². The average molecular weight is 307 g/mol. The smallest absolute Gasteiger partial charge is 0.404 e. The van der Waals surface area contributed by atoms with Crippen molar-refractivity contribution in [2.24, 2.45) is 0 Å². The summed E-state index contributed by atoms with van der Waals surface area (Å²) in [7, 11) is -2.47. The highest BCUT2D eigenvalue weighted by molar-refractivity contribution is 7.46. The monoisotopic (exact) mass is 307 g/mol. The van der Waals surface area contributed by atoms with E-state index in [0.29, 0.717) is 6.04 Å². The molecule has 0 aliphatic carbocycles. The zero-order valence-corrected chi connectivity index (χ0v) is 12.7. The number of fused-ring (bicyclic) bond motifs is 1. The minimum Gasteiger partial charge on any atom is -0.404 e. The Hall–Kier alpha value is -1.39. The molecule has 0 radical (unpaired) electrons. The van der Waals surface area contributed by atoms with Gasteiger partial charge in [0.05, 0.1) is 0 Å². The lowest BCUT2D eigenvalue weighted by atomic mass is 9.92. The molecule has 0 spiro atoms. The minimum atomic E-state index is -4.56. The molecular formula is C15H18NO4P. The summed E-state index contributed by atoms with van der Waals surface area (Å²) in [5.41, 5.74) is 1.06. The number of likely N-dealkylation sites (N-methyl/N-ethyl adjacent to an activating group) is 1. The summed E-state index contributed by atoms with van der Waals surface area (Å²) in [6.45, 7) is 1.10. The molecule has 6 heteroatoms. The summed E-state index contributed by atoms with van der Waals surface area (Å²) in [6, 6.07) is 11.7. The number of hydrogen-bond donors (Lipinski definition) is 2. The second-order valence-electron chi connectivity index (χ2n) is 5.48. The van der Waals surface area contributed by atoms with Crippen molar-refractivity contribution in [2.45, 2.75) is 18.9 Å². The van der Waals surface area contributed by atoms with E-state index in [1.54, 1.807) is 12.1 Å². The van der Waals surface area contributed by atoms with Gasteiger partial charge >= 0.3 is 7.82 Å². The van der Waals surface area contributed by atoms with Gasteiger partial charge < -0.3 is 9.42 Å². The fourth-order valence-corrected chi connectivity index (χ4v) is 3.25. The Bertz CT molecular complexity index is 707. The van der Waals surface area contributed by atoms with Crippen molar-refractivity contribution in [1.29, 1.82) is 0 Å². The van der Waals surface area contributed by atoms with Gasteiger partial charge in [-0.3, -0.25) is 9.79 Å². The van der Waals surface area contributed by atoms with Crippen molar-refractivity contribution in [3.05, 3.63) is 42.0 Å². The number of phosphoric acid groups is 1. The highest BCUT2D eigenvalue weighted by Gasteiger charge is 2.26. The zero-order chi connectivity index (χ0) is 15.0. The normalized spacial score (nSPS) is 19.5. The first-order valence-corrected chi connectivity index (χ1v) is 8.43. The summed E-state index contributed by atoms with van der Waals surface area (Å²) in [6.07, 6.45) is 2.00. The van der Waals surface area contributed by atoms with Gasteiger partial charge in [-0.1, -0.05) is 30.3 Å². The van der Waals surface area contributed by atoms with Crippen molar-refractivity contribution in [1.82, 2.24) is 4.90 Å².